The monoisotopic (exact) mass is 297 g/mol. The smallest absolute Gasteiger partial charge is 0.324 e. The molecule has 108 valence electrons. The molecule has 1 aromatic rings. The van der Waals surface area contributed by atoms with Crippen LogP contribution in [0.15, 0.2) is 29.2 Å². The van der Waals surface area contributed by atoms with E-state index in [0.29, 0.717) is 5.56 Å². The standard InChI is InChI=1S/C12H15N3O4S/c13-7-9-2-1-3-10(6-9)20(18,19)5-4-15-11(16)8-14-12(15)17/h1-3,6H,4-5,7-8,13H2,(H,14,17). The molecule has 0 atom stereocenters. The molecular weight excluding hydrogens is 282 g/mol. The molecule has 1 aliphatic rings. The minimum atomic E-state index is -3.56. The molecule has 0 saturated carbocycles. The average molecular weight is 297 g/mol. The second-order valence-corrected chi connectivity index (χ2v) is 6.48. The van der Waals surface area contributed by atoms with Gasteiger partial charge in [-0.3, -0.25) is 9.69 Å². The first-order valence-corrected chi connectivity index (χ1v) is 7.69. The summed E-state index contributed by atoms with van der Waals surface area (Å²) in [7, 11) is -3.56. The molecule has 1 aliphatic heterocycles. The van der Waals surface area contributed by atoms with E-state index >= 15 is 0 Å². The zero-order valence-corrected chi connectivity index (χ0v) is 11.5. The Bertz CT molecular complexity index is 626. The van der Waals surface area contributed by atoms with Crippen molar-refractivity contribution in [1.29, 1.82) is 0 Å². The molecule has 1 aromatic carbocycles. The molecule has 3 N–H and O–H groups in total. The van der Waals surface area contributed by atoms with Crippen molar-refractivity contribution in [3.8, 4) is 0 Å². The van der Waals surface area contributed by atoms with Crippen LogP contribution in [0.25, 0.3) is 0 Å². The third-order valence-electron chi connectivity index (χ3n) is 3.01. The lowest BCUT2D eigenvalue weighted by Gasteiger charge is -2.12. The van der Waals surface area contributed by atoms with E-state index in [2.05, 4.69) is 5.32 Å². The highest BCUT2D eigenvalue weighted by Crippen LogP contribution is 2.14. The molecule has 3 amide bonds. The molecule has 0 unspecified atom stereocenters. The summed E-state index contributed by atoms with van der Waals surface area (Å²) in [6.07, 6.45) is 0. The number of nitrogens with two attached hydrogens (primary N) is 1. The fourth-order valence-corrected chi connectivity index (χ4v) is 3.15. The summed E-state index contributed by atoms with van der Waals surface area (Å²) in [4.78, 5) is 23.7. The highest BCUT2D eigenvalue weighted by atomic mass is 32.2. The number of hydrogen-bond donors (Lipinski definition) is 2. The molecule has 0 bridgehead atoms. The number of carbonyl (C=O) groups is 2. The summed E-state index contributed by atoms with van der Waals surface area (Å²) in [6.45, 7) is 0.0117. The lowest BCUT2D eigenvalue weighted by Crippen LogP contribution is -2.35. The number of imide groups is 1. The Hall–Kier alpha value is -1.93. The van der Waals surface area contributed by atoms with E-state index in [-0.39, 0.29) is 30.3 Å². The minimum Gasteiger partial charge on any atom is -0.329 e. The van der Waals surface area contributed by atoms with Crippen LogP contribution in [0.1, 0.15) is 5.56 Å². The van der Waals surface area contributed by atoms with Gasteiger partial charge in [-0.15, -0.1) is 0 Å². The second-order valence-electron chi connectivity index (χ2n) is 4.37. The normalized spacial score (nSPS) is 15.6. The number of nitrogens with zero attached hydrogens (tertiary/aromatic N) is 1. The van der Waals surface area contributed by atoms with Crippen LogP contribution in [0.2, 0.25) is 0 Å². The Labute approximate surface area is 116 Å². The van der Waals surface area contributed by atoms with E-state index in [0.717, 1.165) is 4.90 Å². The van der Waals surface area contributed by atoms with Gasteiger partial charge < -0.3 is 11.1 Å². The first kappa shape index (κ1) is 14.5. The minimum absolute atomic E-state index is 0.0818. The van der Waals surface area contributed by atoms with Crippen molar-refractivity contribution in [2.24, 2.45) is 5.73 Å². The zero-order valence-electron chi connectivity index (χ0n) is 10.7. The van der Waals surface area contributed by atoms with E-state index in [1.54, 1.807) is 12.1 Å². The maximum atomic E-state index is 12.2. The number of carbonyl (C=O) groups excluding carboxylic acids is 2. The van der Waals surface area contributed by atoms with Crippen LogP contribution in [0.4, 0.5) is 4.79 Å². The number of amides is 3. The Balaban J connectivity index is 2.11. The van der Waals surface area contributed by atoms with Crippen molar-refractivity contribution < 1.29 is 18.0 Å². The van der Waals surface area contributed by atoms with Gasteiger partial charge in [0.05, 0.1) is 17.2 Å². The van der Waals surface area contributed by atoms with E-state index < -0.39 is 21.8 Å². The molecule has 1 saturated heterocycles. The van der Waals surface area contributed by atoms with Crippen molar-refractivity contribution in [1.82, 2.24) is 10.2 Å². The lowest BCUT2D eigenvalue weighted by atomic mass is 10.2. The summed E-state index contributed by atoms with van der Waals surface area (Å²) in [6, 6.07) is 5.77. The molecule has 8 heteroatoms. The molecule has 1 fully saturated rings. The summed E-state index contributed by atoms with van der Waals surface area (Å²) in [5.74, 6) is -0.721. The fraction of sp³-hybridized carbons (Fsp3) is 0.333. The lowest BCUT2D eigenvalue weighted by molar-refractivity contribution is -0.124. The topological polar surface area (TPSA) is 110 Å². The predicted molar refractivity (Wildman–Crippen MR) is 71.5 cm³/mol. The van der Waals surface area contributed by atoms with Gasteiger partial charge in [-0.25, -0.2) is 13.2 Å². The van der Waals surface area contributed by atoms with Crippen molar-refractivity contribution in [2.75, 3.05) is 18.8 Å². The van der Waals surface area contributed by atoms with Gasteiger partial charge >= 0.3 is 6.03 Å². The molecule has 2 rings (SSSR count). The third-order valence-corrected chi connectivity index (χ3v) is 4.71. The number of rotatable bonds is 5. The van der Waals surface area contributed by atoms with E-state index in [9.17, 15) is 18.0 Å². The highest BCUT2D eigenvalue weighted by molar-refractivity contribution is 7.91. The summed E-state index contributed by atoms with van der Waals surface area (Å²) < 4.78 is 24.3. The van der Waals surface area contributed by atoms with Gasteiger partial charge in [0.25, 0.3) is 0 Å². The average Bonchev–Trinajstić information content (AvgIpc) is 2.76. The van der Waals surface area contributed by atoms with Crippen LogP contribution in [0, 0.1) is 0 Å². The molecule has 1 heterocycles. The first-order valence-electron chi connectivity index (χ1n) is 6.04. The van der Waals surface area contributed by atoms with Gasteiger partial charge in [0.2, 0.25) is 5.91 Å². The third kappa shape index (κ3) is 2.97. The number of hydrogen-bond acceptors (Lipinski definition) is 5. The SMILES string of the molecule is NCc1cccc(S(=O)(=O)CCN2C(=O)CNC2=O)c1. The van der Waals surface area contributed by atoms with Gasteiger partial charge in [-0.05, 0) is 17.7 Å². The van der Waals surface area contributed by atoms with Crippen molar-refractivity contribution in [3.05, 3.63) is 29.8 Å². The van der Waals surface area contributed by atoms with Crippen LogP contribution in [0.3, 0.4) is 0 Å². The fourth-order valence-electron chi connectivity index (χ4n) is 1.88. The van der Waals surface area contributed by atoms with Crippen molar-refractivity contribution in [2.45, 2.75) is 11.4 Å². The Morgan fingerprint density at radius 1 is 1.30 bits per heavy atom. The predicted octanol–water partition coefficient (Wildman–Crippen LogP) is -0.529. The molecular formula is C12H15N3O4S. The maximum Gasteiger partial charge on any atom is 0.324 e. The van der Waals surface area contributed by atoms with Crippen LogP contribution in [0.5, 0.6) is 0 Å². The Morgan fingerprint density at radius 2 is 2.05 bits per heavy atom. The molecule has 7 nitrogen and oxygen atoms in total. The first-order chi connectivity index (χ1) is 9.44. The molecule has 20 heavy (non-hydrogen) atoms. The summed E-state index contributed by atoms with van der Waals surface area (Å²) in [5, 5.41) is 2.34. The zero-order chi connectivity index (χ0) is 14.8. The van der Waals surface area contributed by atoms with Gasteiger partial charge in [-0.1, -0.05) is 12.1 Å². The van der Waals surface area contributed by atoms with Crippen molar-refractivity contribution in [3.63, 3.8) is 0 Å². The van der Waals surface area contributed by atoms with E-state index in [1.807, 2.05) is 0 Å². The van der Waals surface area contributed by atoms with Gasteiger partial charge in [0, 0.05) is 13.1 Å². The molecule has 0 spiro atoms. The van der Waals surface area contributed by atoms with Crippen LogP contribution in [-0.2, 0) is 21.2 Å². The van der Waals surface area contributed by atoms with E-state index in [1.165, 1.54) is 12.1 Å². The van der Waals surface area contributed by atoms with Gasteiger partial charge in [0.1, 0.15) is 0 Å². The second kappa shape index (κ2) is 5.59. The summed E-state index contributed by atoms with van der Waals surface area (Å²) in [5.41, 5.74) is 6.18. The van der Waals surface area contributed by atoms with Gasteiger partial charge in [-0.2, -0.15) is 0 Å². The molecule has 0 aromatic heterocycles. The van der Waals surface area contributed by atoms with Crippen LogP contribution in [-0.4, -0.2) is 44.1 Å². The number of sulfone groups is 1. The number of benzene rings is 1. The maximum absolute atomic E-state index is 12.2. The Morgan fingerprint density at radius 3 is 2.65 bits per heavy atom. The van der Waals surface area contributed by atoms with Crippen LogP contribution >= 0.6 is 0 Å². The quantitative estimate of drug-likeness (QED) is 0.710. The van der Waals surface area contributed by atoms with Gasteiger partial charge in [0.15, 0.2) is 9.84 Å². The van der Waals surface area contributed by atoms with Crippen LogP contribution < -0.4 is 11.1 Å². The molecule has 0 radical (unpaired) electrons. The number of urea groups is 1. The highest BCUT2D eigenvalue weighted by Gasteiger charge is 2.29. The molecule has 0 aliphatic carbocycles. The van der Waals surface area contributed by atoms with E-state index in [4.69, 9.17) is 5.73 Å². The largest absolute Gasteiger partial charge is 0.329 e. The van der Waals surface area contributed by atoms with Crippen molar-refractivity contribution >= 4 is 21.8 Å². The Kier molecular flexibility index (Phi) is 4.05. The number of nitrogens with one attached hydrogen (secondary N) is 1. The summed E-state index contributed by atoms with van der Waals surface area (Å²) >= 11 is 0.